The van der Waals surface area contributed by atoms with Gasteiger partial charge in [0.2, 0.25) is 11.0 Å². The van der Waals surface area contributed by atoms with Gasteiger partial charge in [-0.05, 0) is 32.3 Å². The van der Waals surface area contributed by atoms with Crippen LogP contribution in [0.1, 0.15) is 54.8 Å². The van der Waals surface area contributed by atoms with Crippen LogP contribution in [0.3, 0.4) is 0 Å². The Labute approximate surface area is 149 Å². The van der Waals surface area contributed by atoms with Crippen molar-refractivity contribution in [1.82, 2.24) is 20.0 Å². The summed E-state index contributed by atoms with van der Waals surface area (Å²) in [4.78, 5) is 12.1. The van der Waals surface area contributed by atoms with E-state index in [9.17, 15) is 4.79 Å². The Bertz CT molecular complexity index is 763. The molecule has 0 radical (unpaired) electrons. The highest BCUT2D eigenvalue weighted by molar-refractivity contribution is 7.15. The number of halogens is 1. The van der Waals surface area contributed by atoms with E-state index in [0.717, 1.165) is 35.7 Å². The summed E-state index contributed by atoms with van der Waals surface area (Å²) in [5.74, 6) is 0.296. The zero-order valence-electron chi connectivity index (χ0n) is 13.8. The molecule has 3 rings (SSSR count). The van der Waals surface area contributed by atoms with Gasteiger partial charge in [-0.2, -0.15) is 5.10 Å². The van der Waals surface area contributed by atoms with E-state index in [0.29, 0.717) is 16.2 Å². The SMILES string of the molecule is CCCCn1nc(C)c(/C=C/C(=O)Nc2nnc(C3CC3)s2)c1Cl. The molecule has 1 fully saturated rings. The third kappa shape index (κ3) is 4.02. The first-order chi connectivity index (χ1) is 11.6. The molecule has 0 unspecified atom stereocenters. The lowest BCUT2D eigenvalue weighted by atomic mass is 10.2. The van der Waals surface area contributed by atoms with Gasteiger partial charge in [-0.15, -0.1) is 10.2 Å². The number of hydrogen-bond donors (Lipinski definition) is 1. The predicted octanol–water partition coefficient (Wildman–Crippen LogP) is 4.03. The molecule has 1 N–H and O–H groups in total. The van der Waals surface area contributed by atoms with Gasteiger partial charge in [-0.1, -0.05) is 36.3 Å². The van der Waals surface area contributed by atoms with E-state index >= 15 is 0 Å². The van der Waals surface area contributed by atoms with E-state index in [1.54, 1.807) is 10.8 Å². The van der Waals surface area contributed by atoms with Crippen molar-refractivity contribution in [2.45, 2.75) is 52.0 Å². The maximum atomic E-state index is 12.1. The van der Waals surface area contributed by atoms with Crippen LogP contribution in [0.5, 0.6) is 0 Å². The van der Waals surface area contributed by atoms with Crippen molar-refractivity contribution in [2.75, 3.05) is 5.32 Å². The van der Waals surface area contributed by atoms with Crippen molar-refractivity contribution in [3.63, 3.8) is 0 Å². The molecule has 8 heteroatoms. The van der Waals surface area contributed by atoms with Crippen LogP contribution in [0, 0.1) is 6.92 Å². The highest BCUT2D eigenvalue weighted by atomic mass is 35.5. The van der Waals surface area contributed by atoms with Crippen LogP contribution >= 0.6 is 22.9 Å². The van der Waals surface area contributed by atoms with Gasteiger partial charge in [-0.25, -0.2) is 0 Å². The van der Waals surface area contributed by atoms with Gasteiger partial charge in [0.05, 0.1) is 5.69 Å². The first kappa shape index (κ1) is 17.1. The van der Waals surface area contributed by atoms with Crippen molar-refractivity contribution in [3.05, 3.63) is 27.5 Å². The van der Waals surface area contributed by atoms with E-state index in [4.69, 9.17) is 11.6 Å². The van der Waals surface area contributed by atoms with Crippen LogP contribution in [0.4, 0.5) is 5.13 Å². The third-order valence-corrected chi connectivity index (χ3v) is 5.23. The normalized spacial score (nSPS) is 14.5. The number of carbonyl (C=O) groups excluding carboxylic acids is 1. The number of nitrogens with zero attached hydrogens (tertiary/aromatic N) is 4. The Morgan fingerprint density at radius 3 is 2.96 bits per heavy atom. The number of rotatable bonds is 7. The van der Waals surface area contributed by atoms with E-state index in [1.165, 1.54) is 30.3 Å². The Balaban J connectivity index is 1.63. The molecule has 1 amide bonds. The number of unbranched alkanes of at least 4 members (excludes halogenated alkanes) is 1. The number of aromatic nitrogens is 4. The maximum Gasteiger partial charge on any atom is 0.250 e. The smallest absolute Gasteiger partial charge is 0.250 e. The van der Waals surface area contributed by atoms with Crippen molar-refractivity contribution in [3.8, 4) is 0 Å². The van der Waals surface area contributed by atoms with Gasteiger partial charge >= 0.3 is 0 Å². The Morgan fingerprint density at radius 1 is 1.46 bits per heavy atom. The summed E-state index contributed by atoms with van der Waals surface area (Å²) in [5, 5.41) is 17.4. The molecule has 2 heterocycles. The van der Waals surface area contributed by atoms with E-state index in [-0.39, 0.29) is 5.91 Å². The first-order valence-electron chi connectivity index (χ1n) is 8.13. The lowest BCUT2D eigenvalue weighted by Crippen LogP contribution is -2.07. The van der Waals surface area contributed by atoms with Crippen LogP contribution in [-0.4, -0.2) is 25.9 Å². The average Bonchev–Trinajstić information content (AvgIpc) is 3.24. The van der Waals surface area contributed by atoms with Crippen molar-refractivity contribution >= 4 is 40.1 Å². The molecule has 0 aliphatic heterocycles. The van der Waals surface area contributed by atoms with E-state index in [2.05, 4.69) is 27.5 Å². The third-order valence-electron chi connectivity index (χ3n) is 3.83. The topological polar surface area (TPSA) is 72.7 Å². The molecule has 24 heavy (non-hydrogen) atoms. The molecule has 2 aromatic heterocycles. The van der Waals surface area contributed by atoms with Gasteiger partial charge in [0.15, 0.2) is 0 Å². The monoisotopic (exact) mass is 365 g/mol. The minimum Gasteiger partial charge on any atom is -0.297 e. The quantitative estimate of drug-likeness (QED) is 0.752. The second-order valence-corrected chi connectivity index (χ2v) is 7.28. The summed E-state index contributed by atoms with van der Waals surface area (Å²) >= 11 is 7.79. The molecular weight excluding hydrogens is 346 g/mol. The van der Waals surface area contributed by atoms with Gasteiger partial charge in [0, 0.05) is 24.1 Å². The highest BCUT2D eigenvalue weighted by Gasteiger charge is 2.27. The van der Waals surface area contributed by atoms with Crippen LogP contribution in [-0.2, 0) is 11.3 Å². The van der Waals surface area contributed by atoms with Crippen LogP contribution in [0.25, 0.3) is 6.08 Å². The molecule has 0 aromatic carbocycles. The van der Waals surface area contributed by atoms with Crippen molar-refractivity contribution < 1.29 is 4.79 Å². The predicted molar refractivity (Wildman–Crippen MR) is 96.4 cm³/mol. The fraction of sp³-hybridized carbons (Fsp3) is 0.500. The zero-order chi connectivity index (χ0) is 17.1. The number of nitrogens with one attached hydrogen (secondary N) is 1. The zero-order valence-corrected chi connectivity index (χ0v) is 15.3. The van der Waals surface area contributed by atoms with Crippen LogP contribution in [0.2, 0.25) is 5.15 Å². The van der Waals surface area contributed by atoms with Crippen molar-refractivity contribution in [2.24, 2.45) is 0 Å². The molecule has 0 bridgehead atoms. The highest BCUT2D eigenvalue weighted by Crippen LogP contribution is 2.42. The molecular formula is C16H20ClN5OS. The summed E-state index contributed by atoms with van der Waals surface area (Å²) in [6.07, 6.45) is 7.59. The number of aryl methyl sites for hydroxylation is 2. The molecule has 1 aliphatic carbocycles. The molecule has 128 valence electrons. The fourth-order valence-electron chi connectivity index (χ4n) is 2.30. The summed E-state index contributed by atoms with van der Waals surface area (Å²) in [6.45, 7) is 4.79. The number of hydrogen-bond acceptors (Lipinski definition) is 5. The summed E-state index contributed by atoms with van der Waals surface area (Å²) in [6, 6.07) is 0. The summed E-state index contributed by atoms with van der Waals surface area (Å²) < 4.78 is 1.78. The first-order valence-corrected chi connectivity index (χ1v) is 9.33. The van der Waals surface area contributed by atoms with E-state index < -0.39 is 0 Å². The summed E-state index contributed by atoms with van der Waals surface area (Å²) in [7, 11) is 0. The Morgan fingerprint density at radius 2 is 2.25 bits per heavy atom. The number of anilines is 1. The van der Waals surface area contributed by atoms with Crippen LogP contribution < -0.4 is 5.32 Å². The molecule has 1 saturated carbocycles. The molecule has 0 saturated heterocycles. The largest absolute Gasteiger partial charge is 0.297 e. The second-order valence-electron chi connectivity index (χ2n) is 5.91. The van der Waals surface area contributed by atoms with Crippen LogP contribution in [0.15, 0.2) is 6.08 Å². The van der Waals surface area contributed by atoms with Gasteiger partial charge in [0.25, 0.3) is 0 Å². The lowest BCUT2D eigenvalue weighted by Gasteiger charge is -2.00. The fourth-order valence-corrected chi connectivity index (χ4v) is 3.54. The minimum atomic E-state index is -0.245. The van der Waals surface area contributed by atoms with Gasteiger partial charge < -0.3 is 0 Å². The Kier molecular flexibility index (Phi) is 5.30. The standard InChI is InChI=1S/C16H20ClN5OS/c1-3-4-9-22-14(17)12(10(2)21-22)7-8-13(23)18-16-20-19-15(24-16)11-5-6-11/h7-8,11H,3-6,9H2,1-2H3,(H,18,20,23)/b8-7+. The Hall–Kier alpha value is -1.73. The van der Waals surface area contributed by atoms with Crippen molar-refractivity contribution in [1.29, 1.82) is 0 Å². The molecule has 0 atom stereocenters. The maximum absolute atomic E-state index is 12.1. The lowest BCUT2D eigenvalue weighted by molar-refractivity contribution is -0.111. The number of carbonyl (C=O) groups is 1. The minimum absolute atomic E-state index is 0.245. The van der Waals surface area contributed by atoms with Gasteiger partial charge in [-0.3, -0.25) is 14.8 Å². The molecule has 6 nitrogen and oxygen atoms in total. The molecule has 1 aliphatic rings. The molecule has 2 aromatic rings. The molecule has 0 spiro atoms. The van der Waals surface area contributed by atoms with Gasteiger partial charge in [0.1, 0.15) is 10.2 Å². The summed E-state index contributed by atoms with van der Waals surface area (Å²) in [5.41, 5.74) is 1.59. The average molecular weight is 366 g/mol. The number of amides is 1. The van der Waals surface area contributed by atoms with E-state index in [1.807, 2.05) is 6.92 Å². The second kappa shape index (κ2) is 7.44.